The summed E-state index contributed by atoms with van der Waals surface area (Å²) in [5, 5.41) is 0. The van der Waals surface area contributed by atoms with Crippen LogP contribution in [0.4, 0.5) is 17.1 Å². The van der Waals surface area contributed by atoms with Crippen LogP contribution in [-0.2, 0) is 11.8 Å². The van der Waals surface area contributed by atoms with Crippen LogP contribution in [0.3, 0.4) is 0 Å². The summed E-state index contributed by atoms with van der Waals surface area (Å²) in [7, 11) is 0. The summed E-state index contributed by atoms with van der Waals surface area (Å²) in [5.41, 5.74) is 8.50. The van der Waals surface area contributed by atoms with E-state index < -0.39 is 0 Å². The van der Waals surface area contributed by atoms with Crippen molar-refractivity contribution in [3.05, 3.63) is 83.9 Å². The average Bonchev–Trinajstić information content (AvgIpc) is 2.90. The van der Waals surface area contributed by atoms with Crippen molar-refractivity contribution in [2.24, 2.45) is 0 Å². The molecular weight excluding hydrogens is 438 g/mol. The first-order valence-corrected chi connectivity index (χ1v) is 13.9. The third kappa shape index (κ3) is 5.53. The lowest BCUT2D eigenvalue weighted by atomic mass is 9.82. The third-order valence-electron chi connectivity index (χ3n) is 7.79. The molecule has 0 saturated heterocycles. The Morgan fingerprint density at radius 2 is 1.47 bits per heavy atom. The number of nitrogens with zero attached hydrogens (tertiary/aromatic N) is 1. The normalized spacial score (nSPS) is 12.6. The minimum absolute atomic E-state index is 0.0971. The van der Waals surface area contributed by atoms with Crippen LogP contribution >= 0.6 is 0 Å². The Bertz CT molecular complexity index is 1190. The highest BCUT2D eigenvalue weighted by Gasteiger charge is 2.28. The second-order valence-corrected chi connectivity index (χ2v) is 10.9. The van der Waals surface area contributed by atoms with Crippen molar-refractivity contribution >= 4 is 22.6 Å². The first-order chi connectivity index (χ1) is 17.4. The SMILES string of the molecule is C=C(CCCCC)c1ccc2c(c1)Oc1cc(C(C)(C)CC)ccc1N2c1ccc(CCCC)cc1. The van der Waals surface area contributed by atoms with E-state index in [1.165, 1.54) is 54.4 Å². The van der Waals surface area contributed by atoms with Gasteiger partial charge in [-0.05, 0) is 96.2 Å². The Labute approximate surface area is 219 Å². The Morgan fingerprint density at radius 1 is 0.806 bits per heavy atom. The van der Waals surface area contributed by atoms with E-state index in [-0.39, 0.29) is 5.41 Å². The quantitative estimate of drug-likeness (QED) is 0.197. The fraction of sp³-hybridized carbons (Fsp3) is 0.412. The lowest BCUT2D eigenvalue weighted by Crippen LogP contribution is -2.19. The molecule has 0 aromatic heterocycles. The number of hydrogen-bond donors (Lipinski definition) is 0. The zero-order valence-electron chi connectivity index (χ0n) is 23.0. The van der Waals surface area contributed by atoms with E-state index in [9.17, 15) is 0 Å². The van der Waals surface area contributed by atoms with Gasteiger partial charge in [-0.1, -0.05) is 84.7 Å². The molecule has 2 heteroatoms. The van der Waals surface area contributed by atoms with Crippen molar-refractivity contribution in [2.45, 2.75) is 91.4 Å². The molecule has 0 spiro atoms. The van der Waals surface area contributed by atoms with Crippen LogP contribution in [0.25, 0.3) is 5.57 Å². The zero-order valence-corrected chi connectivity index (χ0v) is 23.0. The van der Waals surface area contributed by atoms with Gasteiger partial charge in [0, 0.05) is 5.69 Å². The number of fused-ring (bicyclic) bond motifs is 2. The Hall–Kier alpha value is -3.00. The smallest absolute Gasteiger partial charge is 0.152 e. The molecule has 1 aliphatic rings. The van der Waals surface area contributed by atoms with Gasteiger partial charge in [0.1, 0.15) is 0 Å². The van der Waals surface area contributed by atoms with E-state index in [1.54, 1.807) is 0 Å². The molecule has 0 unspecified atom stereocenters. The van der Waals surface area contributed by atoms with Crippen molar-refractivity contribution in [3.8, 4) is 11.5 Å². The lowest BCUT2D eigenvalue weighted by Gasteiger charge is -2.34. The van der Waals surface area contributed by atoms with Crippen LogP contribution in [-0.4, -0.2) is 0 Å². The molecule has 4 rings (SSSR count). The van der Waals surface area contributed by atoms with Crippen molar-refractivity contribution in [1.29, 1.82) is 0 Å². The average molecular weight is 482 g/mol. The molecule has 0 radical (unpaired) electrons. The summed E-state index contributed by atoms with van der Waals surface area (Å²) >= 11 is 0. The fourth-order valence-electron chi connectivity index (χ4n) is 4.86. The third-order valence-corrected chi connectivity index (χ3v) is 7.79. The van der Waals surface area contributed by atoms with Gasteiger partial charge in [0.25, 0.3) is 0 Å². The molecule has 0 amide bonds. The molecule has 0 aliphatic carbocycles. The Balaban J connectivity index is 1.75. The van der Waals surface area contributed by atoms with Crippen LogP contribution < -0.4 is 9.64 Å². The minimum Gasteiger partial charge on any atom is -0.453 e. The number of aryl methyl sites for hydroxylation is 1. The molecule has 3 aromatic rings. The number of rotatable bonds is 11. The summed E-state index contributed by atoms with van der Waals surface area (Å²) in [6, 6.07) is 22.4. The van der Waals surface area contributed by atoms with Crippen molar-refractivity contribution < 1.29 is 4.74 Å². The maximum absolute atomic E-state index is 6.62. The van der Waals surface area contributed by atoms with E-state index in [2.05, 4.69) is 107 Å². The predicted molar refractivity (Wildman–Crippen MR) is 156 cm³/mol. The van der Waals surface area contributed by atoms with Gasteiger partial charge >= 0.3 is 0 Å². The van der Waals surface area contributed by atoms with Gasteiger partial charge in [0.05, 0.1) is 11.4 Å². The Kier molecular flexibility index (Phi) is 8.24. The van der Waals surface area contributed by atoms with Crippen molar-refractivity contribution in [1.82, 2.24) is 0 Å². The van der Waals surface area contributed by atoms with E-state index in [1.807, 2.05) is 0 Å². The maximum atomic E-state index is 6.62. The molecule has 2 nitrogen and oxygen atoms in total. The maximum Gasteiger partial charge on any atom is 0.152 e. The molecule has 1 heterocycles. The highest BCUT2D eigenvalue weighted by molar-refractivity contribution is 5.87. The van der Waals surface area contributed by atoms with E-state index in [0.717, 1.165) is 47.8 Å². The molecule has 0 atom stereocenters. The number of anilines is 3. The summed E-state index contributed by atoms with van der Waals surface area (Å²) in [5.74, 6) is 1.82. The summed E-state index contributed by atoms with van der Waals surface area (Å²) in [6.45, 7) is 15.7. The van der Waals surface area contributed by atoms with Crippen molar-refractivity contribution in [3.63, 3.8) is 0 Å². The largest absolute Gasteiger partial charge is 0.453 e. The number of hydrogen-bond acceptors (Lipinski definition) is 2. The number of allylic oxidation sites excluding steroid dienone is 1. The Morgan fingerprint density at radius 3 is 2.14 bits per heavy atom. The highest BCUT2D eigenvalue weighted by atomic mass is 16.5. The summed E-state index contributed by atoms with van der Waals surface area (Å²) in [6.07, 6.45) is 9.33. The van der Waals surface area contributed by atoms with Gasteiger partial charge in [0.15, 0.2) is 11.5 Å². The molecule has 0 saturated carbocycles. The fourth-order valence-corrected chi connectivity index (χ4v) is 4.86. The number of unbranched alkanes of at least 4 members (excludes halogenated alkanes) is 3. The first kappa shape index (κ1) is 26.1. The van der Waals surface area contributed by atoms with Crippen LogP contribution in [0, 0.1) is 0 Å². The van der Waals surface area contributed by atoms with Gasteiger partial charge in [0.2, 0.25) is 0 Å². The molecule has 36 heavy (non-hydrogen) atoms. The van der Waals surface area contributed by atoms with Crippen LogP contribution in [0.15, 0.2) is 67.2 Å². The summed E-state index contributed by atoms with van der Waals surface area (Å²) < 4.78 is 6.62. The standard InChI is InChI=1S/C34H43NO/c1-7-10-12-13-25(4)27-17-21-30-32(23-27)36-33-24-28(34(5,6)9-3)18-22-31(33)35(30)29-19-15-26(16-20-29)14-11-8-2/h15-24H,4,7-14H2,1-3,5-6H3. The van der Waals surface area contributed by atoms with Gasteiger partial charge in [-0.3, -0.25) is 0 Å². The summed E-state index contributed by atoms with van der Waals surface area (Å²) in [4.78, 5) is 2.35. The van der Waals surface area contributed by atoms with Crippen LogP contribution in [0.5, 0.6) is 11.5 Å². The number of ether oxygens (including phenoxy) is 1. The topological polar surface area (TPSA) is 12.5 Å². The highest BCUT2D eigenvalue weighted by Crippen LogP contribution is 2.52. The molecule has 190 valence electrons. The molecule has 0 fully saturated rings. The molecule has 1 aliphatic heterocycles. The van der Waals surface area contributed by atoms with E-state index in [4.69, 9.17) is 4.74 Å². The molecule has 0 bridgehead atoms. The van der Waals surface area contributed by atoms with Gasteiger partial charge in [-0.25, -0.2) is 0 Å². The zero-order chi connectivity index (χ0) is 25.7. The van der Waals surface area contributed by atoms with Gasteiger partial charge < -0.3 is 9.64 Å². The van der Waals surface area contributed by atoms with Crippen molar-refractivity contribution in [2.75, 3.05) is 4.90 Å². The van der Waals surface area contributed by atoms with E-state index in [0.29, 0.717) is 0 Å². The minimum atomic E-state index is 0.0971. The second-order valence-electron chi connectivity index (χ2n) is 10.9. The van der Waals surface area contributed by atoms with Crippen LogP contribution in [0.1, 0.15) is 96.3 Å². The molecular formula is C34H43NO. The van der Waals surface area contributed by atoms with E-state index >= 15 is 0 Å². The van der Waals surface area contributed by atoms with Crippen LogP contribution in [0.2, 0.25) is 0 Å². The molecule has 3 aromatic carbocycles. The lowest BCUT2D eigenvalue weighted by molar-refractivity contribution is 0.466. The second kappa shape index (κ2) is 11.4. The van der Waals surface area contributed by atoms with Gasteiger partial charge in [-0.15, -0.1) is 0 Å². The first-order valence-electron chi connectivity index (χ1n) is 13.9. The predicted octanol–water partition coefficient (Wildman–Crippen LogP) is 10.9. The monoisotopic (exact) mass is 481 g/mol. The van der Waals surface area contributed by atoms with Gasteiger partial charge in [-0.2, -0.15) is 0 Å². The number of benzene rings is 3. The molecule has 0 N–H and O–H groups in total.